The maximum absolute atomic E-state index is 15.4. The number of anilines is 3. The summed E-state index contributed by atoms with van der Waals surface area (Å²) in [5, 5.41) is 60.4. The average molecular weight is 973 g/mol. The SMILES string of the molecule is O=C(Nc1ccccc1)N(c1cccc(CCNCC(O)c2ccc(O)c3[nH]c(=O)ccc23)c1)N(C(=O)Nc1cccc(CCNCC(O)c2ccc(O)c3[nH]c(=O)ccc23)c1)C12CC3CC(CC(C3)C1)C2. The molecule has 4 aliphatic carbocycles. The minimum absolute atomic E-state index is 0.0729. The monoisotopic (exact) mass is 972 g/mol. The number of para-hydroxylation sites is 1. The van der Waals surface area contributed by atoms with E-state index in [9.17, 15) is 30.0 Å². The van der Waals surface area contributed by atoms with Crippen LogP contribution in [-0.2, 0) is 12.8 Å². The molecule has 0 aliphatic heterocycles. The van der Waals surface area contributed by atoms with Gasteiger partial charge < -0.3 is 51.7 Å². The van der Waals surface area contributed by atoms with Crippen LogP contribution in [0.25, 0.3) is 21.8 Å². The van der Waals surface area contributed by atoms with Crippen LogP contribution in [0.3, 0.4) is 0 Å². The molecule has 372 valence electrons. The van der Waals surface area contributed by atoms with Crippen LogP contribution in [0.2, 0.25) is 0 Å². The van der Waals surface area contributed by atoms with E-state index in [1.54, 1.807) is 34.3 Å². The van der Waals surface area contributed by atoms with E-state index in [0.29, 0.717) is 82.6 Å². The summed E-state index contributed by atoms with van der Waals surface area (Å²) in [4.78, 5) is 59.5. The molecule has 16 heteroatoms. The number of hydrogen-bond acceptors (Lipinski definition) is 10. The highest BCUT2D eigenvalue weighted by Gasteiger charge is 2.57. The van der Waals surface area contributed by atoms with Crippen molar-refractivity contribution in [3.8, 4) is 11.5 Å². The van der Waals surface area contributed by atoms with Crippen molar-refractivity contribution in [1.82, 2.24) is 25.6 Å². The summed E-state index contributed by atoms with van der Waals surface area (Å²) in [7, 11) is 0. The fourth-order valence-electron chi connectivity index (χ4n) is 12.0. The third kappa shape index (κ3) is 10.3. The number of pyridine rings is 2. The Morgan fingerprint density at radius 1 is 0.583 bits per heavy atom. The van der Waals surface area contributed by atoms with Gasteiger partial charge in [-0.15, -0.1) is 0 Å². The Balaban J connectivity index is 0.876. The summed E-state index contributed by atoms with van der Waals surface area (Å²) >= 11 is 0. The Kier molecular flexibility index (Phi) is 13.8. The fourth-order valence-corrected chi connectivity index (χ4v) is 12.0. The number of nitrogens with one attached hydrogen (secondary N) is 6. The lowest BCUT2D eigenvalue weighted by molar-refractivity contribution is -0.0688. The van der Waals surface area contributed by atoms with Gasteiger partial charge in [-0.3, -0.25) is 9.59 Å². The van der Waals surface area contributed by atoms with Crippen LogP contribution in [0.4, 0.5) is 26.7 Å². The summed E-state index contributed by atoms with van der Waals surface area (Å²) < 4.78 is 0. The number of aromatic hydroxyl groups is 2. The van der Waals surface area contributed by atoms with Gasteiger partial charge in [0.2, 0.25) is 11.1 Å². The van der Waals surface area contributed by atoms with Crippen molar-refractivity contribution in [3.63, 3.8) is 0 Å². The van der Waals surface area contributed by atoms with Crippen molar-refractivity contribution in [3.05, 3.63) is 170 Å². The number of hydrogen-bond donors (Lipinski definition) is 10. The number of carbonyl (C=O) groups excluding carboxylic acids is 2. The maximum atomic E-state index is 15.4. The normalized spacial score (nSPS) is 19.8. The van der Waals surface area contributed by atoms with Crippen molar-refractivity contribution in [1.29, 1.82) is 0 Å². The molecule has 2 heterocycles. The quantitative estimate of drug-likeness (QED) is 0.0331. The molecule has 4 fully saturated rings. The van der Waals surface area contributed by atoms with Gasteiger partial charge >= 0.3 is 12.1 Å². The number of benzene rings is 5. The number of H-pyrrole nitrogens is 2. The highest BCUT2D eigenvalue weighted by Crippen LogP contribution is 2.58. The molecule has 16 nitrogen and oxygen atoms in total. The van der Waals surface area contributed by atoms with Gasteiger partial charge in [0.05, 0.1) is 34.5 Å². The Labute approximate surface area is 415 Å². The van der Waals surface area contributed by atoms with Crippen molar-refractivity contribution >= 4 is 50.9 Å². The van der Waals surface area contributed by atoms with Crippen molar-refractivity contribution in [2.45, 2.75) is 69.1 Å². The number of fused-ring (bicyclic) bond motifs is 2. The van der Waals surface area contributed by atoms with Gasteiger partial charge in [0.25, 0.3) is 0 Å². The zero-order valence-corrected chi connectivity index (χ0v) is 39.8. The number of aliphatic hydroxyl groups excluding tert-OH is 2. The first kappa shape index (κ1) is 48.1. The summed E-state index contributed by atoms with van der Waals surface area (Å²) in [6, 6.07) is 35.8. The van der Waals surface area contributed by atoms with Crippen LogP contribution < -0.4 is 37.4 Å². The lowest BCUT2D eigenvalue weighted by atomic mass is 9.52. The van der Waals surface area contributed by atoms with Gasteiger partial charge in [0.15, 0.2) is 0 Å². The number of carbonyl (C=O) groups is 2. The molecule has 0 saturated heterocycles. The van der Waals surface area contributed by atoms with Crippen molar-refractivity contribution < 1.29 is 30.0 Å². The zero-order chi connectivity index (χ0) is 49.9. The van der Waals surface area contributed by atoms with Gasteiger partial charge in [0.1, 0.15) is 11.5 Å². The number of amides is 4. The number of rotatable bonds is 16. The lowest BCUT2D eigenvalue weighted by Gasteiger charge is -2.61. The number of hydrazine groups is 1. The number of aromatic nitrogens is 2. The van der Waals surface area contributed by atoms with E-state index in [1.165, 1.54) is 24.3 Å². The molecule has 4 saturated carbocycles. The van der Waals surface area contributed by atoms with Crippen LogP contribution in [0, 0.1) is 17.8 Å². The molecule has 10 N–H and O–H groups in total. The molecule has 7 aromatic rings. The van der Waals surface area contributed by atoms with Crippen LogP contribution in [-0.4, -0.2) is 79.2 Å². The second kappa shape index (κ2) is 20.7. The van der Waals surface area contributed by atoms with E-state index in [4.69, 9.17) is 0 Å². The fraction of sp³-hybridized carbons (Fsp3) is 0.321. The van der Waals surface area contributed by atoms with Crippen molar-refractivity contribution in [2.24, 2.45) is 17.8 Å². The first-order valence-corrected chi connectivity index (χ1v) is 24.8. The second-order valence-electron chi connectivity index (χ2n) is 19.9. The van der Waals surface area contributed by atoms with Gasteiger partial charge in [-0.25, -0.2) is 14.6 Å². The molecule has 5 aromatic carbocycles. The van der Waals surface area contributed by atoms with Crippen molar-refractivity contribution in [2.75, 3.05) is 41.8 Å². The summed E-state index contributed by atoms with van der Waals surface area (Å²) in [5.41, 5.74) is 3.92. The summed E-state index contributed by atoms with van der Waals surface area (Å²) in [5.74, 6) is 1.20. The number of aliphatic hydroxyl groups is 2. The molecule has 2 atom stereocenters. The van der Waals surface area contributed by atoms with Crippen LogP contribution in [0.15, 0.2) is 137 Å². The highest BCUT2D eigenvalue weighted by atomic mass is 16.3. The minimum atomic E-state index is -0.930. The number of phenols is 2. The Bertz CT molecular complexity index is 3200. The zero-order valence-electron chi connectivity index (χ0n) is 39.8. The Morgan fingerprint density at radius 3 is 1.64 bits per heavy atom. The number of urea groups is 2. The molecule has 0 radical (unpaired) electrons. The van der Waals surface area contributed by atoms with Crippen LogP contribution in [0.1, 0.15) is 73.0 Å². The van der Waals surface area contributed by atoms with Gasteiger partial charge in [-0.1, -0.05) is 54.6 Å². The van der Waals surface area contributed by atoms with Gasteiger partial charge in [-0.05, 0) is 165 Å². The smallest absolute Gasteiger partial charge is 0.345 e. The van der Waals surface area contributed by atoms with Gasteiger partial charge in [-0.2, -0.15) is 5.01 Å². The molecule has 2 aromatic heterocycles. The predicted octanol–water partition coefficient (Wildman–Crippen LogP) is 7.97. The number of aromatic amines is 2. The van der Waals surface area contributed by atoms with E-state index in [-0.39, 0.29) is 46.7 Å². The summed E-state index contributed by atoms with van der Waals surface area (Å²) in [6.45, 7) is 1.42. The van der Waals surface area contributed by atoms with E-state index in [2.05, 4.69) is 31.2 Å². The molecule has 4 bridgehead atoms. The summed E-state index contributed by atoms with van der Waals surface area (Å²) in [6.07, 6.45) is 5.03. The average Bonchev–Trinajstić information content (AvgIpc) is 3.36. The molecule has 4 amide bonds. The molecule has 0 spiro atoms. The molecular formula is C56H60N8O8. The molecule has 11 rings (SSSR count). The Hall–Kier alpha value is -7.50. The van der Waals surface area contributed by atoms with E-state index in [1.807, 2.05) is 78.9 Å². The molecule has 2 unspecified atom stereocenters. The molecule has 72 heavy (non-hydrogen) atoms. The minimum Gasteiger partial charge on any atom is -0.506 e. The maximum Gasteiger partial charge on any atom is 0.345 e. The number of nitrogens with zero attached hydrogens (tertiary/aromatic N) is 2. The van der Waals surface area contributed by atoms with Gasteiger partial charge in [0, 0.05) is 47.4 Å². The Morgan fingerprint density at radius 2 is 1.08 bits per heavy atom. The standard InChI is InChI=1S/C56H60N8O8/c65-46-16-12-42(44-14-18-50(69)61-52(44)46)48(67)32-57-22-20-34-6-4-10-40(27-34)60-55(72)64(56-29-36-24-37(30-56)26-38(25-36)31-56)63(54(71)59-39-8-2-1-3-9-39)41-11-5-7-35(28-41)21-23-58-33-49(68)43-13-17-47(66)53-45(43)15-19-51(70)62-53/h1-19,27-28,36-38,48-49,57-58,65-68H,20-26,29-33H2,(H,59,71)(H,60,72)(H,61,69)(H,62,70). The van der Waals surface area contributed by atoms with Crippen LogP contribution in [0.5, 0.6) is 11.5 Å². The first-order valence-electron chi connectivity index (χ1n) is 24.8. The number of phenolic OH excluding ortho intramolecular Hbond substituents is 2. The third-order valence-corrected chi connectivity index (χ3v) is 14.8. The van der Waals surface area contributed by atoms with E-state index >= 15 is 9.59 Å². The third-order valence-electron chi connectivity index (χ3n) is 14.8. The van der Waals surface area contributed by atoms with Crippen LogP contribution >= 0.6 is 0 Å². The first-order chi connectivity index (χ1) is 34.9. The largest absolute Gasteiger partial charge is 0.506 e. The molecular weight excluding hydrogens is 913 g/mol. The topological polar surface area (TPSA) is 235 Å². The molecule has 4 aliphatic rings. The highest BCUT2D eigenvalue weighted by molar-refractivity contribution is 6.05. The van der Waals surface area contributed by atoms with E-state index < -0.39 is 29.8 Å². The lowest BCUT2D eigenvalue weighted by Crippen LogP contribution is -2.68. The second-order valence-corrected chi connectivity index (χ2v) is 19.9. The predicted molar refractivity (Wildman–Crippen MR) is 278 cm³/mol. The van der Waals surface area contributed by atoms with E-state index in [0.717, 1.165) is 49.7 Å².